The summed E-state index contributed by atoms with van der Waals surface area (Å²) in [4.78, 5) is 25.8. The first-order valence-corrected chi connectivity index (χ1v) is 9.08. The number of nitrogens with zero attached hydrogens (tertiary/aromatic N) is 1. The highest BCUT2D eigenvalue weighted by Gasteiger charge is 2.15. The van der Waals surface area contributed by atoms with E-state index in [9.17, 15) is 9.59 Å². The number of fused-ring (bicyclic) bond motifs is 1. The Morgan fingerprint density at radius 2 is 1.85 bits per heavy atom. The van der Waals surface area contributed by atoms with Gasteiger partial charge in [0, 0.05) is 29.6 Å². The fraction of sp³-hybridized carbons (Fsp3) is 0.273. The molecule has 1 amide bonds. The molecule has 0 atom stereocenters. The first-order valence-electron chi connectivity index (χ1n) is 9.08. The molecule has 0 radical (unpaired) electrons. The van der Waals surface area contributed by atoms with E-state index in [1.165, 1.54) is 4.57 Å². The van der Waals surface area contributed by atoms with E-state index >= 15 is 0 Å². The van der Waals surface area contributed by atoms with Crippen LogP contribution in [0.2, 0.25) is 0 Å². The molecule has 0 aliphatic heterocycles. The van der Waals surface area contributed by atoms with Crippen LogP contribution < -0.4 is 15.6 Å². The minimum absolute atomic E-state index is 0.169. The largest absolute Gasteiger partial charge is 0.497 e. The molecule has 3 aromatic rings. The first kappa shape index (κ1) is 18.7. The Labute approximate surface area is 158 Å². The molecule has 5 heteroatoms. The predicted octanol–water partition coefficient (Wildman–Crippen LogP) is 3.78. The summed E-state index contributed by atoms with van der Waals surface area (Å²) >= 11 is 0. The third kappa shape index (κ3) is 4.03. The molecule has 0 unspecified atom stereocenters. The summed E-state index contributed by atoms with van der Waals surface area (Å²) in [6.07, 6.45) is 2.52. The van der Waals surface area contributed by atoms with Gasteiger partial charge in [-0.2, -0.15) is 0 Å². The van der Waals surface area contributed by atoms with Gasteiger partial charge < -0.3 is 10.1 Å². The van der Waals surface area contributed by atoms with E-state index in [1.54, 1.807) is 31.5 Å². The molecule has 5 nitrogen and oxygen atoms in total. The fourth-order valence-electron chi connectivity index (χ4n) is 2.99. The Morgan fingerprint density at radius 3 is 2.56 bits per heavy atom. The third-order valence-corrected chi connectivity index (χ3v) is 4.51. The van der Waals surface area contributed by atoms with Crippen molar-refractivity contribution in [3.8, 4) is 11.4 Å². The van der Waals surface area contributed by atoms with Gasteiger partial charge in [-0.05, 0) is 30.5 Å². The van der Waals surface area contributed by atoms with E-state index in [2.05, 4.69) is 19.2 Å². The quantitative estimate of drug-likeness (QED) is 0.724. The number of benzene rings is 2. The van der Waals surface area contributed by atoms with Gasteiger partial charge in [-0.1, -0.05) is 38.1 Å². The van der Waals surface area contributed by atoms with Crippen LogP contribution in [0, 0.1) is 5.92 Å². The van der Waals surface area contributed by atoms with Gasteiger partial charge in [-0.3, -0.25) is 14.2 Å². The van der Waals surface area contributed by atoms with E-state index in [4.69, 9.17) is 4.74 Å². The molecular formula is C22H24N2O3. The lowest BCUT2D eigenvalue weighted by molar-refractivity contribution is 0.0953. The summed E-state index contributed by atoms with van der Waals surface area (Å²) in [5.41, 5.74) is 0.968. The average molecular weight is 364 g/mol. The lowest BCUT2D eigenvalue weighted by Crippen LogP contribution is -2.28. The van der Waals surface area contributed by atoms with Crippen molar-refractivity contribution in [2.45, 2.75) is 20.3 Å². The van der Waals surface area contributed by atoms with Crippen molar-refractivity contribution < 1.29 is 9.53 Å². The number of hydrogen-bond donors (Lipinski definition) is 1. The maximum absolute atomic E-state index is 13.0. The molecular weight excluding hydrogens is 340 g/mol. The summed E-state index contributed by atoms with van der Waals surface area (Å²) in [5, 5.41) is 4.13. The Bertz CT molecular complexity index is 1020. The highest BCUT2D eigenvalue weighted by Crippen LogP contribution is 2.20. The number of carbonyl (C=O) groups is 1. The molecule has 0 spiro atoms. The average Bonchev–Trinajstić information content (AvgIpc) is 2.68. The van der Waals surface area contributed by atoms with Crippen LogP contribution in [0.25, 0.3) is 16.5 Å². The number of amides is 1. The maximum Gasteiger partial charge on any atom is 0.262 e. The summed E-state index contributed by atoms with van der Waals surface area (Å²) in [6.45, 7) is 4.83. The molecule has 1 heterocycles. The van der Waals surface area contributed by atoms with Crippen molar-refractivity contribution in [3.05, 3.63) is 70.6 Å². The number of carbonyl (C=O) groups excluding carboxylic acids is 1. The SMILES string of the molecule is COc1cccc(-n2cc(C(=O)NCCC(C)C)c3ccccc3c2=O)c1. The Hall–Kier alpha value is -3.08. The number of ether oxygens (including phenoxy) is 1. The van der Waals surface area contributed by atoms with Crippen LogP contribution >= 0.6 is 0 Å². The van der Waals surface area contributed by atoms with Gasteiger partial charge >= 0.3 is 0 Å². The van der Waals surface area contributed by atoms with Crippen LogP contribution in [0.15, 0.2) is 59.5 Å². The number of aromatic nitrogens is 1. The minimum atomic E-state index is -0.177. The summed E-state index contributed by atoms with van der Waals surface area (Å²) in [5.74, 6) is 0.978. The number of nitrogens with one attached hydrogen (secondary N) is 1. The molecule has 140 valence electrons. The van der Waals surface area contributed by atoms with Crippen LogP contribution in [0.3, 0.4) is 0 Å². The van der Waals surface area contributed by atoms with Crippen molar-refractivity contribution in [1.29, 1.82) is 0 Å². The second kappa shape index (κ2) is 8.08. The zero-order valence-corrected chi connectivity index (χ0v) is 15.9. The van der Waals surface area contributed by atoms with Crippen LogP contribution in [-0.4, -0.2) is 24.1 Å². The Kier molecular flexibility index (Phi) is 5.60. The van der Waals surface area contributed by atoms with E-state index in [1.807, 2.05) is 30.3 Å². The predicted molar refractivity (Wildman–Crippen MR) is 108 cm³/mol. The van der Waals surface area contributed by atoms with Gasteiger partial charge in [0.05, 0.1) is 18.4 Å². The van der Waals surface area contributed by atoms with Crippen molar-refractivity contribution in [3.63, 3.8) is 0 Å². The van der Waals surface area contributed by atoms with Crippen molar-refractivity contribution in [2.24, 2.45) is 5.92 Å². The second-order valence-electron chi connectivity index (χ2n) is 6.90. The molecule has 0 saturated carbocycles. The van der Waals surface area contributed by atoms with E-state index < -0.39 is 0 Å². The molecule has 27 heavy (non-hydrogen) atoms. The van der Waals surface area contributed by atoms with Gasteiger partial charge in [0.1, 0.15) is 5.75 Å². The molecule has 0 saturated heterocycles. The number of methoxy groups -OCH3 is 1. The van der Waals surface area contributed by atoms with Crippen LogP contribution in [-0.2, 0) is 0 Å². The number of pyridine rings is 1. The van der Waals surface area contributed by atoms with Crippen LogP contribution in [0.5, 0.6) is 5.75 Å². The van der Waals surface area contributed by atoms with Gasteiger partial charge in [0.2, 0.25) is 0 Å². The molecule has 0 fully saturated rings. The third-order valence-electron chi connectivity index (χ3n) is 4.51. The molecule has 0 bridgehead atoms. The number of hydrogen-bond acceptors (Lipinski definition) is 3. The number of rotatable bonds is 6. The Balaban J connectivity index is 2.11. The highest BCUT2D eigenvalue weighted by atomic mass is 16.5. The lowest BCUT2D eigenvalue weighted by Gasteiger charge is -2.14. The van der Waals surface area contributed by atoms with E-state index in [0.29, 0.717) is 40.2 Å². The van der Waals surface area contributed by atoms with Crippen molar-refractivity contribution in [1.82, 2.24) is 9.88 Å². The van der Waals surface area contributed by atoms with Gasteiger partial charge in [-0.25, -0.2) is 0 Å². The van der Waals surface area contributed by atoms with E-state index in [-0.39, 0.29) is 11.5 Å². The van der Waals surface area contributed by atoms with Crippen molar-refractivity contribution in [2.75, 3.05) is 13.7 Å². The lowest BCUT2D eigenvalue weighted by atomic mass is 10.1. The van der Waals surface area contributed by atoms with E-state index in [0.717, 1.165) is 6.42 Å². The second-order valence-corrected chi connectivity index (χ2v) is 6.90. The monoisotopic (exact) mass is 364 g/mol. The zero-order valence-electron chi connectivity index (χ0n) is 15.9. The van der Waals surface area contributed by atoms with Crippen LogP contribution in [0.1, 0.15) is 30.6 Å². The molecule has 3 rings (SSSR count). The topological polar surface area (TPSA) is 60.3 Å². The molecule has 1 aromatic heterocycles. The van der Waals surface area contributed by atoms with Crippen LogP contribution in [0.4, 0.5) is 0 Å². The zero-order chi connectivity index (χ0) is 19.4. The van der Waals surface area contributed by atoms with Gasteiger partial charge in [-0.15, -0.1) is 0 Å². The van der Waals surface area contributed by atoms with Gasteiger partial charge in [0.15, 0.2) is 0 Å². The standard InChI is InChI=1S/C22H24N2O3/c1-15(2)11-12-23-21(25)20-14-24(16-7-6-8-17(13-16)27-3)22(26)19-10-5-4-9-18(19)20/h4-10,13-15H,11-12H2,1-3H3,(H,23,25). The first-order chi connectivity index (χ1) is 13.0. The summed E-state index contributed by atoms with van der Waals surface area (Å²) in [6, 6.07) is 14.4. The highest BCUT2D eigenvalue weighted by molar-refractivity contribution is 6.06. The fourth-order valence-corrected chi connectivity index (χ4v) is 2.99. The smallest absolute Gasteiger partial charge is 0.262 e. The maximum atomic E-state index is 13.0. The molecule has 0 aliphatic carbocycles. The Morgan fingerprint density at radius 1 is 1.11 bits per heavy atom. The normalized spacial score (nSPS) is 11.0. The molecule has 1 N–H and O–H groups in total. The van der Waals surface area contributed by atoms with Gasteiger partial charge in [0.25, 0.3) is 11.5 Å². The van der Waals surface area contributed by atoms with Crippen molar-refractivity contribution >= 4 is 16.7 Å². The minimum Gasteiger partial charge on any atom is -0.497 e. The summed E-state index contributed by atoms with van der Waals surface area (Å²) < 4.78 is 6.76. The molecule has 2 aromatic carbocycles. The summed E-state index contributed by atoms with van der Waals surface area (Å²) in [7, 11) is 1.58. The molecule has 0 aliphatic rings.